The van der Waals surface area contributed by atoms with Crippen LogP contribution in [0.3, 0.4) is 0 Å². The molecule has 4 N–H and O–H groups in total. The molecule has 8 nitrogen and oxygen atoms in total. The first kappa shape index (κ1) is 11.9. The fourth-order valence-electron chi connectivity index (χ4n) is 1.77. The smallest absolute Gasteiger partial charge is 0.115 e. The molecule has 0 saturated heterocycles. The van der Waals surface area contributed by atoms with Gasteiger partial charge in [-0.05, 0) is 34.7 Å². The Morgan fingerprint density at radius 3 is 1.45 bits per heavy atom. The average Bonchev–Trinajstić information content (AvgIpc) is 3.05. The van der Waals surface area contributed by atoms with Crippen molar-refractivity contribution in [3.63, 3.8) is 0 Å². The molecule has 100 valence electrons. The van der Waals surface area contributed by atoms with Crippen LogP contribution in [0.25, 0.3) is 22.1 Å². The van der Waals surface area contributed by atoms with Crippen molar-refractivity contribution in [3.8, 4) is 0 Å². The second-order valence-corrected chi connectivity index (χ2v) is 4.05. The number of nitrogens with zero attached hydrogens (tertiary/aromatic N) is 6. The predicted molar refractivity (Wildman–Crippen MR) is 75.4 cm³/mol. The van der Waals surface area contributed by atoms with Crippen LogP contribution in [0, 0.1) is 0 Å². The van der Waals surface area contributed by atoms with Gasteiger partial charge >= 0.3 is 0 Å². The van der Waals surface area contributed by atoms with Crippen LogP contribution in [0.1, 0.15) is 0 Å². The summed E-state index contributed by atoms with van der Waals surface area (Å²) < 4.78 is 0. The maximum atomic E-state index is 5.42. The molecule has 8 heteroatoms. The van der Waals surface area contributed by atoms with Crippen LogP contribution in [-0.4, -0.2) is 30.2 Å². The van der Waals surface area contributed by atoms with Crippen molar-refractivity contribution < 1.29 is 0 Å². The molecule has 0 aliphatic heterocycles. The average molecular weight is 268 g/mol. The fraction of sp³-hybridized carbons (Fsp3) is 0. The maximum absolute atomic E-state index is 5.42. The van der Waals surface area contributed by atoms with E-state index >= 15 is 0 Å². The van der Waals surface area contributed by atoms with Gasteiger partial charge < -0.3 is 11.7 Å². The standard InChI is InChI=1S/2C6H6N4/c2*7-10-6-4-2-1-3-5(6)8-9-10/h2*1-4H,7H2. The summed E-state index contributed by atoms with van der Waals surface area (Å²) in [5, 5.41) is 14.9. The molecule has 0 amide bonds. The number of aromatic nitrogens is 6. The van der Waals surface area contributed by atoms with E-state index in [0.717, 1.165) is 22.1 Å². The molecule has 0 radical (unpaired) electrons. The molecule has 0 saturated carbocycles. The summed E-state index contributed by atoms with van der Waals surface area (Å²) in [6, 6.07) is 15.1. The minimum atomic E-state index is 0.824. The molecule has 2 aromatic heterocycles. The van der Waals surface area contributed by atoms with Crippen molar-refractivity contribution in [1.82, 2.24) is 30.2 Å². The van der Waals surface area contributed by atoms with Gasteiger partial charge in [0.25, 0.3) is 0 Å². The summed E-state index contributed by atoms with van der Waals surface area (Å²) in [5.74, 6) is 10.8. The van der Waals surface area contributed by atoms with Crippen LogP contribution in [0.15, 0.2) is 48.5 Å². The highest BCUT2D eigenvalue weighted by molar-refractivity contribution is 5.74. The highest BCUT2D eigenvalue weighted by Crippen LogP contribution is 2.06. The lowest BCUT2D eigenvalue weighted by Crippen LogP contribution is -2.09. The van der Waals surface area contributed by atoms with E-state index in [1.54, 1.807) is 0 Å². The Bertz CT molecular complexity index is 775. The van der Waals surface area contributed by atoms with Gasteiger partial charge in [-0.1, -0.05) is 24.3 Å². The van der Waals surface area contributed by atoms with E-state index in [1.165, 1.54) is 9.58 Å². The molecule has 4 aromatic rings. The van der Waals surface area contributed by atoms with Crippen LogP contribution in [0.4, 0.5) is 0 Å². The minimum absolute atomic E-state index is 0.824. The second kappa shape index (κ2) is 4.84. The van der Waals surface area contributed by atoms with Crippen LogP contribution in [-0.2, 0) is 0 Å². The van der Waals surface area contributed by atoms with Crippen LogP contribution >= 0.6 is 0 Å². The van der Waals surface area contributed by atoms with Gasteiger partial charge in [0.05, 0.1) is 0 Å². The summed E-state index contributed by atoms with van der Waals surface area (Å²) in [4.78, 5) is 2.52. The lowest BCUT2D eigenvalue weighted by atomic mass is 10.3. The van der Waals surface area contributed by atoms with Crippen LogP contribution in [0.5, 0.6) is 0 Å². The minimum Gasteiger partial charge on any atom is -0.321 e. The number of nitrogens with two attached hydrogens (primary N) is 2. The van der Waals surface area contributed by atoms with E-state index in [0.29, 0.717) is 0 Å². The molecule has 0 fully saturated rings. The molecule has 0 aliphatic rings. The van der Waals surface area contributed by atoms with Crippen molar-refractivity contribution in [2.75, 3.05) is 11.7 Å². The molecule has 0 aliphatic carbocycles. The zero-order chi connectivity index (χ0) is 13.9. The van der Waals surface area contributed by atoms with E-state index in [-0.39, 0.29) is 0 Å². The summed E-state index contributed by atoms with van der Waals surface area (Å²) in [6.07, 6.45) is 0. The molecule has 2 heterocycles. The maximum Gasteiger partial charge on any atom is 0.115 e. The third kappa shape index (κ3) is 2.09. The van der Waals surface area contributed by atoms with Gasteiger partial charge in [0, 0.05) is 0 Å². The van der Waals surface area contributed by atoms with Crippen molar-refractivity contribution >= 4 is 22.1 Å². The normalized spacial score (nSPS) is 10.4. The zero-order valence-electron chi connectivity index (χ0n) is 10.5. The first-order valence-electron chi connectivity index (χ1n) is 5.87. The van der Waals surface area contributed by atoms with Crippen LogP contribution in [0.2, 0.25) is 0 Å². The Hall–Kier alpha value is -3.16. The lowest BCUT2D eigenvalue weighted by molar-refractivity contribution is 0.787. The van der Waals surface area contributed by atoms with Crippen molar-refractivity contribution in [1.29, 1.82) is 0 Å². The van der Waals surface area contributed by atoms with E-state index < -0.39 is 0 Å². The van der Waals surface area contributed by atoms with Crippen LogP contribution < -0.4 is 11.7 Å². The number of para-hydroxylation sites is 2. The monoisotopic (exact) mass is 268 g/mol. The summed E-state index contributed by atoms with van der Waals surface area (Å²) in [6.45, 7) is 0. The van der Waals surface area contributed by atoms with Crippen molar-refractivity contribution in [3.05, 3.63) is 48.5 Å². The Kier molecular flexibility index (Phi) is 2.88. The first-order chi connectivity index (χ1) is 9.75. The zero-order valence-corrected chi connectivity index (χ0v) is 10.5. The summed E-state index contributed by atoms with van der Waals surface area (Å²) >= 11 is 0. The fourth-order valence-corrected chi connectivity index (χ4v) is 1.77. The van der Waals surface area contributed by atoms with Gasteiger partial charge in [-0.3, -0.25) is 0 Å². The van der Waals surface area contributed by atoms with E-state index in [1.807, 2.05) is 48.5 Å². The highest BCUT2D eigenvalue weighted by Gasteiger charge is 1.97. The van der Waals surface area contributed by atoms with E-state index in [2.05, 4.69) is 20.6 Å². The van der Waals surface area contributed by atoms with E-state index in [4.69, 9.17) is 11.7 Å². The summed E-state index contributed by atoms with van der Waals surface area (Å²) in [5.41, 5.74) is 3.35. The molecule has 0 bridgehead atoms. The number of benzene rings is 2. The predicted octanol–water partition coefficient (Wildman–Crippen LogP) is 0.290. The van der Waals surface area contributed by atoms with Gasteiger partial charge in [-0.25, -0.2) is 0 Å². The number of rotatable bonds is 0. The Morgan fingerprint density at radius 2 is 1.05 bits per heavy atom. The number of hydrogen-bond donors (Lipinski definition) is 2. The first-order valence-corrected chi connectivity index (χ1v) is 5.87. The quantitative estimate of drug-likeness (QED) is 0.443. The SMILES string of the molecule is Nn1nnc2ccccc21.Nn1nnc2ccccc21. The van der Waals surface area contributed by atoms with Crippen molar-refractivity contribution in [2.24, 2.45) is 0 Å². The topological polar surface area (TPSA) is 113 Å². The molecule has 0 unspecified atom stereocenters. The largest absolute Gasteiger partial charge is 0.321 e. The molecule has 0 atom stereocenters. The Balaban J connectivity index is 0.000000121. The second-order valence-electron chi connectivity index (χ2n) is 4.05. The van der Waals surface area contributed by atoms with Gasteiger partial charge in [-0.2, -0.15) is 9.58 Å². The van der Waals surface area contributed by atoms with Gasteiger partial charge in [0.1, 0.15) is 22.1 Å². The molecule has 0 spiro atoms. The van der Waals surface area contributed by atoms with Gasteiger partial charge in [0.2, 0.25) is 0 Å². The molecule has 2 aromatic carbocycles. The Morgan fingerprint density at radius 1 is 0.650 bits per heavy atom. The van der Waals surface area contributed by atoms with Gasteiger partial charge in [0.15, 0.2) is 0 Å². The number of fused-ring (bicyclic) bond motifs is 2. The van der Waals surface area contributed by atoms with Gasteiger partial charge in [-0.15, -0.1) is 10.2 Å². The summed E-state index contributed by atoms with van der Waals surface area (Å²) in [7, 11) is 0. The lowest BCUT2D eigenvalue weighted by Gasteiger charge is -1.87. The Labute approximate surface area is 113 Å². The third-order valence-electron chi connectivity index (χ3n) is 2.75. The highest BCUT2D eigenvalue weighted by atomic mass is 15.6. The third-order valence-corrected chi connectivity index (χ3v) is 2.75. The molecule has 4 rings (SSSR count). The number of nitrogen functional groups attached to an aromatic ring is 2. The number of hydrogen-bond acceptors (Lipinski definition) is 6. The molecular weight excluding hydrogens is 256 g/mol. The molecule has 20 heavy (non-hydrogen) atoms. The van der Waals surface area contributed by atoms with E-state index in [9.17, 15) is 0 Å². The van der Waals surface area contributed by atoms with Crippen molar-refractivity contribution in [2.45, 2.75) is 0 Å². The molecular formula is C12H12N8.